The van der Waals surface area contributed by atoms with Crippen molar-refractivity contribution >= 4 is 11.5 Å². The molecule has 0 aromatic heterocycles. The van der Waals surface area contributed by atoms with Gasteiger partial charge in [-0.2, -0.15) is 0 Å². The molecule has 0 spiro atoms. The third-order valence-electron chi connectivity index (χ3n) is 10.3. The maximum atomic E-state index is 12.2. The molecule has 0 bridgehead atoms. The van der Waals surface area contributed by atoms with Gasteiger partial charge in [-0.05, 0) is 113 Å². The van der Waals surface area contributed by atoms with Crippen LogP contribution in [0.1, 0.15) is 84.1 Å². The summed E-state index contributed by atoms with van der Waals surface area (Å²) in [6.45, 7) is 8.63. The van der Waals surface area contributed by atoms with Gasteiger partial charge in [0.1, 0.15) is 5.60 Å². The van der Waals surface area contributed by atoms with Crippen molar-refractivity contribution in [2.24, 2.45) is 29.1 Å². The number of fused-ring (bicyclic) bond motifs is 5. The number of allylic oxidation sites excluding steroid dienone is 1. The summed E-state index contributed by atoms with van der Waals surface area (Å²) < 4.78 is 0. The first-order valence-corrected chi connectivity index (χ1v) is 13.4. The molecule has 1 aromatic carbocycles. The molecule has 3 saturated carbocycles. The number of anilines is 1. The lowest BCUT2D eigenvalue weighted by molar-refractivity contribution is -0.117. The minimum atomic E-state index is -0.897. The van der Waals surface area contributed by atoms with Crippen LogP contribution >= 0.6 is 0 Å². The van der Waals surface area contributed by atoms with Crippen LogP contribution in [0.2, 0.25) is 0 Å². The van der Waals surface area contributed by atoms with Crippen LogP contribution in [-0.2, 0) is 4.79 Å². The van der Waals surface area contributed by atoms with Crippen LogP contribution < -0.4 is 4.90 Å². The van der Waals surface area contributed by atoms with Crippen LogP contribution in [-0.4, -0.2) is 29.6 Å². The third-order valence-corrected chi connectivity index (χ3v) is 10.3. The van der Waals surface area contributed by atoms with Gasteiger partial charge in [-0.1, -0.05) is 30.6 Å². The Morgan fingerprint density at radius 2 is 1.82 bits per heavy atom. The summed E-state index contributed by atoms with van der Waals surface area (Å²) in [7, 11) is 2.15. The number of aliphatic hydroxyl groups is 1. The lowest BCUT2D eigenvalue weighted by Crippen LogP contribution is -2.54. The molecular weight excluding hydrogens is 418 g/mol. The van der Waals surface area contributed by atoms with E-state index in [-0.39, 0.29) is 5.41 Å². The number of nitrogens with zero attached hydrogens (tertiary/aromatic N) is 1. The fourth-order valence-corrected chi connectivity index (χ4v) is 8.32. The van der Waals surface area contributed by atoms with Crippen LogP contribution in [0.15, 0.2) is 35.9 Å². The summed E-state index contributed by atoms with van der Waals surface area (Å²) in [5.74, 6) is 9.19. The summed E-state index contributed by atoms with van der Waals surface area (Å²) in [5.41, 5.74) is 2.96. The van der Waals surface area contributed by atoms with Crippen molar-refractivity contribution < 1.29 is 9.90 Å². The third kappa shape index (κ3) is 3.56. The van der Waals surface area contributed by atoms with E-state index in [4.69, 9.17) is 0 Å². The average Bonchev–Trinajstić information content (AvgIpc) is 3.08. The molecule has 0 radical (unpaired) electrons. The van der Waals surface area contributed by atoms with E-state index >= 15 is 0 Å². The van der Waals surface area contributed by atoms with Gasteiger partial charge in [0.25, 0.3) is 0 Å². The van der Waals surface area contributed by atoms with Crippen LogP contribution in [0, 0.1) is 40.9 Å². The summed E-state index contributed by atoms with van der Waals surface area (Å²) in [6, 6.07) is 9.68. The van der Waals surface area contributed by atoms with Crippen LogP contribution in [0.3, 0.4) is 0 Å². The van der Waals surface area contributed by atoms with Gasteiger partial charge in [-0.25, -0.2) is 0 Å². The molecule has 3 fully saturated rings. The zero-order valence-corrected chi connectivity index (χ0v) is 21.6. The first kappa shape index (κ1) is 23.7. The zero-order chi connectivity index (χ0) is 24.3. The number of ketones is 1. The minimum absolute atomic E-state index is 0.194. The number of hydrogen-bond acceptors (Lipinski definition) is 3. The minimum Gasteiger partial charge on any atom is -0.377 e. The van der Waals surface area contributed by atoms with Crippen molar-refractivity contribution in [3.63, 3.8) is 0 Å². The van der Waals surface area contributed by atoms with Gasteiger partial charge >= 0.3 is 0 Å². The highest BCUT2D eigenvalue weighted by Gasteiger charge is 2.64. The maximum absolute atomic E-state index is 12.2. The standard InChI is InChI=1S/C31H41NO2/c1-6-16-31(34)17-15-28-26-13-9-22-18-24(33)12-14-25(22)29(26)27(19-30(28,31)4)21-7-10-23(11-8-21)32(5)20(2)3/h7-8,10-11,18,20,25-29,34H,9,12-15,17,19H2,1-5H3/t25-,26-,27+,28-,29+,30-,31-/m0/s1. The van der Waals surface area contributed by atoms with Crippen molar-refractivity contribution in [3.05, 3.63) is 41.5 Å². The molecule has 34 heavy (non-hydrogen) atoms. The number of benzene rings is 1. The van der Waals surface area contributed by atoms with Crippen molar-refractivity contribution in [2.45, 2.75) is 90.2 Å². The highest BCUT2D eigenvalue weighted by Crippen LogP contribution is 2.68. The van der Waals surface area contributed by atoms with Gasteiger partial charge in [0, 0.05) is 30.6 Å². The highest BCUT2D eigenvalue weighted by molar-refractivity contribution is 5.91. The first-order valence-electron chi connectivity index (χ1n) is 13.4. The van der Waals surface area contributed by atoms with Crippen molar-refractivity contribution in [1.82, 2.24) is 0 Å². The zero-order valence-electron chi connectivity index (χ0n) is 21.6. The quantitative estimate of drug-likeness (QED) is 0.554. The molecule has 3 nitrogen and oxygen atoms in total. The van der Waals surface area contributed by atoms with Gasteiger partial charge in [0.2, 0.25) is 0 Å². The number of carbonyl (C=O) groups excluding carboxylic acids is 1. The molecule has 4 aliphatic carbocycles. The molecule has 1 N–H and O–H groups in total. The van der Waals surface area contributed by atoms with E-state index in [1.807, 2.05) is 13.0 Å². The van der Waals surface area contributed by atoms with Crippen LogP contribution in [0.25, 0.3) is 0 Å². The Bertz CT molecular complexity index is 1040. The SMILES string of the molecule is CC#C[C@]1(O)CC[C@H]2[C@@H]3CCC4=CC(=O)CC[C@@H]4[C@H]3[C@@H](c3ccc(N(C)C(C)C)cc3)C[C@@]21C. The fraction of sp³-hybridized carbons (Fsp3) is 0.645. The van der Waals surface area contributed by atoms with E-state index in [2.05, 4.69) is 68.8 Å². The largest absolute Gasteiger partial charge is 0.377 e. The van der Waals surface area contributed by atoms with E-state index in [0.717, 1.165) is 38.5 Å². The van der Waals surface area contributed by atoms with E-state index in [1.54, 1.807) is 0 Å². The van der Waals surface area contributed by atoms with Gasteiger partial charge in [-0.15, -0.1) is 5.92 Å². The first-order chi connectivity index (χ1) is 16.2. The molecule has 1 aromatic rings. The van der Waals surface area contributed by atoms with Crippen molar-refractivity contribution in [2.75, 3.05) is 11.9 Å². The fourth-order valence-electron chi connectivity index (χ4n) is 8.32. The second-order valence-electron chi connectivity index (χ2n) is 12.0. The number of carbonyl (C=O) groups is 1. The van der Waals surface area contributed by atoms with Crippen molar-refractivity contribution in [1.29, 1.82) is 0 Å². The molecule has 0 heterocycles. The molecule has 5 rings (SSSR count). The molecule has 182 valence electrons. The van der Waals surface area contributed by atoms with E-state index in [9.17, 15) is 9.90 Å². The Morgan fingerprint density at radius 1 is 1.09 bits per heavy atom. The average molecular weight is 460 g/mol. The van der Waals surface area contributed by atoms with Gasteiger partial charge in [-0.3, -0.25) is 4.79 Å². The van der Waals surface area contributed by atoms with Crippen LogP contribution in [0.5, 0.6) is 0 Å². The number of rotatable bonds is 3. The predicted molar refractivity (Wildman–Crippen MR) is 139 cm³/mol. The number of hydrogen-bond donors (Lipinski definition) is 1. The monoisotopic (exact) mass is 459 g/mol. The van der Waals surface area contributed by atoms with E-state index in [1.165, 1.54) is 16.8 Å². The van der Waals surface area contributed by atoms with E-state index < -0.39 is 5.60 Å². The molecular formula is C31H41NO2. The summed E-state index contributed by atoms with van der Waals surface area (Å²) in [6.07, 6.45) is 8.69. The Morgan fingerprint density at radius 3 is 2.50 bits per heavy atom. The smallest absolute Gasteiger partial charge is 0.155 e. The lowest BCUT2D eigenvalue weighted by atomic mass is 9.46. The topological polar surface area (TPSA) is 40.5 Å². The molecule has 0 saturated heterocycles. The molecule has 0 aliphatic heterocycles. The maximum Gasteiger partial charge on any atom is 0.155 e. The Balaban J connectivity index is 1.58. The van der Waals surface area contributed by atoms with Gasteiger partial charge in [0.05, 0.1) is 0 Å². The van der Waals surface area contributed by atoms with Gasteiger partial charge in [0.15, 0.2) is 5.78 Å². The second kappa shape index (κ2) is 8.56. The molecule has 0 amide bonds. The Labute approximate surface area is 206 Å². The van der Waals surface area contributed by atoms with E-state index in [0.29, 0.717) is 47.8 Å². The predicted octanol–water partition coefficient (Wildman–Crippen LogP) is 6.12. The van der Waals surface area contributed by atoms with Gasteiger partial charge < -0.3 is 10.0 Å². The van der Waals surface area contributed by atoms with Crippen molar-refractivity contribution in [3.8, 4) is 11.8 Å². The highest BCUT2D eigenvalue weighted by atomic mass is 16.3. The molecule has 3 heteroatoms. The lowest BCUT2D eigenvalue weighted by Gasteiger charge is -2.58. The van der Waals surface area contributed by atoms with Crippen LogP contribution in [0.4, 0.5) is 5.69 Å². The Kier molecular flexibility index (Phi) is 5.96. The summed E-state index contributed by atoms with van der Waals surface area (Å²) in [5, 5.41) is 11.8. The second-order valence-corrected chi connectivity index (χ2v) is 12.0. The summed E-state index contributed by atoms with van der Waals surface area (Å²) >= 11 is 0. The molecule has 4 aliphatic rings. The molecule has 0 unspecified atom stereocenters. The summed E-state index contributed by atoms with van der Waals surface area (Å²) in [4.78, 5) is 14.6. The normalized spacial score (nSPS) is 38.9. The molecule has 7 atom stereocenters. The Hall–Kier alpha value is -2.05.